The van der Waals surface area contributed by atoms with Crippen LogP contribution < -0.4 is 4.74 Å². The summed E-state index contributed by atoms with van der Waals surface area (Å²) in [7, 11) is 1.30. The Bertz CT molecular complexity index is 1110. The number of esters is 1. The average molecular weight is 529 g/mol. The molecule has 3 rings (SSSR count). The molecule has 0 aromatic heterocycles. The molecule has 1 aliphatic rings. The molecule has 2 aromatic rings. The zero-order valence-corrected chi connectivity index (χ0v) is 22.6. The number of hydrogen-bond donors (Lipinski definition) is 2. The minimum absolute atomic E-state index is 0.0400. The van der Waals surface area contributed by atoms with Crippen LogP contribution in [0.4, 0.5) is 0 Å². The van der Waals surface area contributed by atoms with Crippen LogP contribution in [0.3, 0.4) is 0 Å². The number of ketones is 2. The number of aromatic hydroxyl groups is 1. The van der Waals surface area contributed by atoms with Crippen LogP contribution >= 0.6 is 11.8 Å². The molecule has 0 radical (unpaired) electrons. The van der Waals surface area contributed by atoms with Crippen LogP contribution in [0, 0.1) is 0 Å². The summed E-state index contributed by atoms with van der Waals surface area (Å²) in [4.78, 5) is 36.4. The highest BCUT2D eigenvalue weighted by Crippen LogP contribution is 2.39. The third-order valence-electron chi connectivity index (χ3n) is 6.76. The van der Waals surface area contributed by atoms with Crippen molar-refractivity contribution in [3.8, 4) is 11.5 Å². The van der Waals surface area contributed by atoms with Crippen molar-refractivity contribution in [1.29, 1.82) is 0 Å². The van der Waals surface area contributed by atoms with Crippen LogP contribution in [0.25, 0.3) is 0 Å². The number of ether oxygens (including phenoxy) is 2. The van der Waals surface area contributed by atoms with Gasteiger partial charge in [-0.1, -0.05) is 31.9 Å². The highest BCUT2D eigenvalue weighted by Gasteiger charge is 2.41. The van der Waals surface area contributed by atoms with E-state index in [1.807, 2.05) is 19.1 Å². The van der Waals surface area contributed by atoms with Crippen molar-refractivity contribution in [2.75, 3.05) is 12.9 Å². The predicted molar refractivity (Wildman–Crippen MR) is 143 cm³/mol. The molecular formula is C29H36O7S. The lowest BCUT2D eigenvalue weighted by molar-refractivity contribution is -0.140. The van der Waals surface area contributed by atoms with Gasteiger partial charge in [-0.05, 0) is 56.9 Å². The summed E-state index contributed by atoms with van der Waals surface area (Å²) in [5, 5.41) is 22.3. The van der Waals surface area contributed by atoms with Crippen molar-refractivity contribution in [3.63, 3.8) is 0 Å². The summed E-state index contributed by atoms with van der Waals surface area (Å²) in [6, 6.07) is 10.5. The molecule has 37 heavy (non-hydrogen) atoms. The molecule has 0 aliphatic heterocycles. The Morgan fingerprint density at radius 3 is 2.46 bits per heavy atom. The van der Waals surface area contributed by atoms with Gasteiger partial charge in [-0.25, -0.2) is 0 Å². The van der Waals surface area contributed by atoms with Gasteiger partial charge < -0.3 is 19.7 Å². The average Bonchev–Trinajstić information content (AvgIpc) is 2.89. The van der Waals surface area contributed by atoms with Gasteiger partial charge in [-0.15, -0.1) is 11.8 Å². The van der Waals surface area contributed by atoms with E-state index in [0.717, 1.165) is 24.2 Å². The van der Waals surface area contributed by atoms with Gasteiger partial charge in [0.2, 0.25) is 0 Å². The zero-order valence-electron chi connectivity index (χ0n) is 21.7. The number of rotatable bonds is 12. The summed E-state index contributed by atoms with van der Waals surface area (Å²) in [6.45, 7) is 3.42. The molecule has 2 aromatic carbocycles. The molecule has 2 atom stereocenters. The van der Waals surface area contributed by atoms with Crippen LogP contribution in [0.15, 0.2) is 41.3 Å². The first kappa shape index (κ1) is 28.7. The number of aliphatic hydroxyl groups is 1. The summed E-state index contributed by atoms with van der Waals surface area (Å²) in [5.74, 6) is 0.140. The van der Waals surface area contributed by atoms with Gasteiger partial charge in [-0.3, -0.25) is 14.4 Å². The van der Waals surface area contributed by atoms with Gasteiger partial charge in [0, 0.05) is 28.2 Å². The highest BCUT2D eigenvalue weighted by atomic mass is 32.2. The summed E-state index contributed by atoms with van der Waals surface area (Å²) in [5.41, 5.74) is 0.333. The number of hydrogen-bond acceptors (Lipinski definition) is 8. The fourth-order valence-electron chi connectivity index (χ4n) is 4.59. The third kappa shape index (κ3) is 7.36. The molecule has 0 bridgehead atoms. The normalized spacial score (nSPS) is 19.3. The Hall–Kier alpha value is -2.84. The lowest BCUT2D eigenvalue weighted by Gasteiger charge is -2.40. The molecule has 1 saturated carbocycles. The van der Waals surface area contributed by atoms with Crippen molar-refractivity contribution < 1.29 is 34.1 Å². The topological polar surface area (TPSA) is 110 Å². The highest BCUT2D eigenvalue weighted by molar-refractivity contribution is 7.99. The number of methoxy groups -OCH3 is 1. The largest absolute Gasteiger partial charge is 0.507 e. The van der Waals surface area contributed by atoms with Crippen molar-refractivity contribution in [2.24, 2.45) is 0 Å². The molecule has 0 amide bonds. The van der Waals surface area contributed by atoms with Gasteiger partial charge in [0.25, 0.3) is 0 Å². The Kier molecular flexibility index (Phi) is 10.2. The van der Waals surface area contributed by atoms with E-state index in [9.17, 15) is 24.6 Å². The predicted octanol–water partition coefficient (Wildman–Crippen LogP) is 5.53. The van der Waals surface area contributed by atoms with E-state index in [-0.39, 0.29) is 35.7 Å². The molecule has 1 fully saturated rings. The maximum Gasteiger partial charge on any atom is 0.305 e. The molecule has 8 heteroatoms. The van der Waals surface area contributed by atoms with Gasteiger partial charge in [0.05, 0.1) is 19.1 Å². The van der Waals surface area contributed by atoms with Gasteiger partial charge in [0.1, 0.15) is 23.2 Å². The van der Waals surface area contributed by atoms with E-state index in [1.54, 1.807) is 24.3 Å². The molecule has 7 nitrogen and oxygen atoms in total. The molecule has 1 aliphatic carbocycles. The number of carbonyl (C=O) groups excluding carboxylic acids is 3. The minimum Gasteiger partial charge on any atom is -0.507 e. The molecule has 0 heterocycles. The van der Waals surface area contributed by atoms with Gasteiger partial charge in [0.15, 0.2) is 11.6 Å². The van der Waals surface area contributed by atoms with Crippen molar-refractivity contribution in [1.82, 2.24) is 0 Å². The standard InChI is InChI=1S/C29H36O7S/c1-4-7-23-25(15-13-22(19(2)30)28(23)33)36-26-8-5-6-17-29(26,34)18-37-21-11-9-20(10-12-21)24(31)14-16-27(32)35-3/h9-13,15,26,33-34H,4-8,14,16-18H2,1-3H3. The Morgan fingerprint density at radius 2 is 1.81 bits per heavy atom. The molecule has 0 saturated heterocycles. The van der Waals surface area contributed by atoms with Crippen LogP contribution in [-0.4, -0.2) is 52.3 Å². The van der Waals surface area contributed by atoms with Crippen molar-refractivity contribution in [2.45, 2.75) is 81.8 Å². The summed E-state index contributed by atoms with van der Waals surface area (Å²) >= 11 is 1.50. The van der Waals surface area contributed by atoms with E-state index in [2.05, 4.69) is 4.74 Å². The molecular weight excluding hydrogens is 492 g/mol. The van der Waals surface area contributed by atoms with Crippen LogP contribution in [0.5, 0.6) is 11.5 Å². The first-order valence-electron chi connectivity index (χ1n) is 12.8. The first-order valence-corrected chi connectivity index (χ1v) is 13.7. The van der Waals surface area contributed by atoms with Crippen LogP contribution in [-0.2, 0) is 16.0 Å². The Balaban J connectivity index is 1.70. The lowest BCUT2D eigenvalue weighted by Crippen LogP contribution is -2.50. The van der Waals surface area contributed by atoms with Crippen molar-refractivity contribution >= 4 is 29.3 Å². The van der Waals surface area contributed by atoms with E-state index in [1.165, 1.54) is 25.8 Å². The fraction of sp³-hybridized carbons (Fsp3) is 0.483. The van der Waals surface area contributed by atoms with Crippen LogP contribution in [0.1, 0.15) is 85.1 Å². The monoisotopic (exact) mass is 528 g/mol. The number of benzene rings is 2. The van der Waals surface area contributed by atoms with Gasteiger partial charge >= 0.3 is 5.97 Å². The number of phenolic OH excluding ortho intramolecular Hbond substituents is 1. The summed E-state index contributed by atoms with van der Waals surface area (Å²) in [6.07, 6.45) is 4.13. The Labute approximate surface area is 222 Å². The number of Topliss-reactive ketones (excluding diaryl/α,β-unsaturated/α-hetero) is 2. The third-order valence-corrected chi connectivity index (χ3v) is 8.01. The second-order valence-electron chi connectivity index (χ2n) is 9.51. The van der Waals surface area contributed by atoms with E-state index in [0.29, 0.717) is 41.9 Å². The number of phenols is 1. The van der Waals surface area contributed by atoms with Gasteiger partial charge in [-0.2, -0.15) is 0 Å². The zero-order chi connectivity index (χ0) is 27.0. The van der Waals surface area contributed by atoms with E-state index < -0.39 is 17.7 Å². The second kappa shape index (κ2) is 13.1. The van der Waals surface area contributed by atoms with Crippen LogP contribution in [0.2, 0.25) is 0 Å². The Morgan fingerprint density at radius 1 is 1.08 bits per heavy atom. The maximum atomic E-state index is 12.3. The minimum atomic E-state index is -1.07. The maximum absolute atomic E-state index is 12.3. The molecule has 0 spiro atoms. The number of carbonyl (C=O) groups is 3. The second-order valence-corrected chi connectivity index (χ2v) is 10.6. The first-order chi connectivity index (χ1) is 17.7. The lowest BCUT2D eigenvalue weighted by atomic mass is 9.83. The molecule has 2 unspecified atom stereocenters. The van der Waals surface area contributed by atoms with E-state index in [4.69, 9.17) is 4.74 Å². The fourth-order valence-corrected chi connectivity index (χ4v) is 5.66. The van der Waals surface area contributed by atoms with Crippen molar-refractivity contribution in [3.05, 3.63) is 53.1 Å². The smallest absolute Gasteiger partial charge is 0.305 e. The number of thioether (sulfide) groups is 1. The quantitative estimate of drug-likeness (QED) is 0.210. The molecule has 200 valence electrons. The van der Waals surface area contributed by atoms with E-state index >= 15 is 0 Å². The SMILES string of the molecule is CCCc1c(OC2CCCCC2(O)CSc2ccc(C(=O)CCC(=O)OC)cc2)ccc(C(C)=O)c1O. The summed E-state index contributed by atoms with van der Waals surface area (Å²) < 4.78 is 10.9. The molecule has 2 N–H and O–H groups in total.